The van der Waals surface area contributed by atoms with E-state index in [0.29, 0.717) is 29.9 Å². The zero-order valence-corrected chi connectivity index (χ0v) is 21.0. The van der Waals surface area contributed by atoms with E-state index in [2.05, 4.69) is 20.3 Å². The molecule has 3 fully saturated rings. The second-order valence-electron chi connectivity index (χ2n) is 10.8. The van der Waals surface area contributed by atoms with Crippen molar-refractivity contribution in [2.24, 2.45) is 17.8 Å². The van der Waals surface area contributed by atoms with E-state index in [1.54, 1.807) is 6.07 Å². The van der Waals surface area contributed by atoms with Gasteiger partial charge in [0.15, 0.2) is 11.4 Å². The van der Waals surface area contributed by atoms with Crippen molar-refractivity contribution in [3.63, 3.8) is 0 Å². The Kier molecular flexibility index (Phi) is 7.80. The van der Waals surface area contributed by atoms with Gasteiger partial charge in [0, 0.05) is 51.3 Å². The molecule has 1 aliphatic heterocycles. The summed E-state index contributed by atoms with van der Waals surface area (Å²) in [5.41, 5.74) is 0.425. The van der Waals surface area contributed by atoms with Crippen LogP contribution in [0.15, 0.2) is 16.7 Å². The molecule has 1 aromatic carbocycles. The zero-order valence-electron chi connectivity index (χ0n) is 20.2. The molecule has 0 unspecified atom stereocenters. The van der Waals surface area contributed by atoms with Crippen molar-refractivity contribution in [2.45, 2.75) is 57.4 Å². The Bertz CT molecular complexity index is 1010. The van der Waals surface area contributed by atoms with Crippen molar-refractivity contribution >= 4 is 34.3 Å². The number of piperazine rings is 1. The number of nitrogens with one attached hydrogen (secondary N) is 1. The Balaban J connectivity index is 0.996. The normalized spacial score (nSPS) is 27.7. The molecule has 2 heterocycles. The predicted molar refractivity (Wildman–Crippen MR) is 134 cm³/mol. The van der Waals surface area contributed by atoms with E-state index in [1.807, 2.05) is 0 Å². The molecular weight excluding hydrogens is 471 g/mol. The minimum Gasteiger partial charge on any atom is -0.396 e. The number of hydrogen-bond donors (Lipinski definition) is 2. The maximum absolute atomic E-state index is 13.7. The van der Waals surface area contributed by atoms with E-state index in [-0.39, 0.29) is 17.5 Å². The third-order valence-electron chi connectivity index (χ3n) is 8.30. The first-order chi connectivity index (χ1) is 17.0. The maximum atomic E-state index is 13.7. The highest BCUT2D eigenvalue weighted by Gasteiger charge is 2.31. The van der Waals surface area contributed by atoms with Crippen LogP contribution in [-0.4, -0.2) is 66.4 Å². The van der Waals surface area contributed by atoms with Crippen LogP contribution in [0.25, 0.3) is 11.0 Å². The van der Waals surface area contributed by atoms with E-state index in [4.69, 9.17) is 21.2 Å². The standard InChI is InChI=1S/C26H36ClFN4O3/c27-22-14-21-24(15-23(22)28)35-30-26(21)32-9-7-31(8-10-32)6-5-17-1-3-20(4-2-17)29-25(34)13-18-11-19(12-18)16-33/h14-15,17-20,33H,1-13,16H2,(H,29,34). The van der Waals surface area contributed by atoms with Crippen LogP contribution in [-0.2, 0) is 4.79 Å². The fraction of sp³-hybridized carbons (Fsp3) is 0.692. The highest BCUT2D eigenvalue weighted by atomic mass is 35.5. The lowest BCUT2D eigenvalue weighted by Crippen LogP contribution is -2.47. The fourth-order valence-electron chi connectivity index (χ4n) is 6.03. The molecule has 3 aliphatic rings. The highest BCUT2D eigenvalue weighted by molar-refractivity contribution is 6.31. The number of hydrogen-bond acceptors (Lipinski definition) is 6. The van der Waals surface area contributed by atoms with Gasteiger partial charge in [0.2, 0.25) is 5.91 Å². The highest BCUT2D eigenvalue weighted by Crippen LogP contribution is 2.36. The molecule has 192 valence electrons. The van der Waals surface area contributed by atoms with Crippen molar-refractivity contribution in [3.8, 4) is 0 Å². The fourth-order valence-corrected chi connectivity index (χ4v) is 6.19. The van der Waals surface area contributed by atoms with Crippen LogP contribution in [0.2, 0.25) is 5.02 Å². The molecule has 1 saturated heterocycles. The number of nitrogens with zero attached hydrogens (tertiary/aromatic N) is 3. The predicted octanol–water partition coefficient (Wildman–Crippen LogP) is 4.22. The van der Waals surface area contributed by atoms with Gasteiger partial charge in [-0.25, -0.2) is 4.39 Å². The summed E-state index contributed by atoms with van der Waals surface area (Å²) in [7, 11) is 0. The Hall–Kier alpha value is -1.90. The van der Waals surface area contributed by atoms with Crippen LogP contribution in [0.1, 0.15) is 51.4 Å². The van der Waals surface area contributed by atoms with E-state index in [1.165, 1.54) is 25.3 Å². The molecule has 2 aliphatic carbocycles. The van der Waals surface area contributed by atoms with Crippen LogP contribution in [0, 0.1) is 23.6 Å². The number of rotatable bonds is 8. The summed E-state index contributed by atoms with van der Waals surface area (Å²) >= 11 is 5.97. The van der Waals surface area contributed by atoms with Crippen LogP contribution in [0.3, 0.4) is 0 Å². The smallest absolute Gasteiger partial charge is 0.220 e. The molecule has 35 heavy (non-hydrogen) atoms. The Morgan fingerprint density at radius 3 is 2.57 bits per heavy atom. The lowest BCUT2D eigenvalue weighted by atomic mass is 9.73. The molecule has 0 bridgehead atoms. The SMILES string of the molecule is O=C(CC1CC(CO)C1)NC1CCC(CCN2CCN(c3noc4cc(F)c(Cl)cc34)CC2)CC1. The van der Waals surface area contributed by atoms with Gasteiger partial charge in [-0.15, -0.1) is 0 Å². The number of aliphatic hydroxyl groups is 1. The topological polar surface area (TPSA) is 81.8 Å². The van der Waals surface area contributed by atoms with Gasteiger partial charge in [0.25, 0.3) is 0 Å². The van der Waals surface area contributed by atoms with Crippen LogP contribution in [0.5, 0.6) is 0 Å². The van der Waals surface area contributed by atoms with Crippen molar-refractivity contribution in [1.29, 1.82) is 0 Å². The molecule has 7 nitrogen and oxygen atoms in total. The third kappa shape index (κ3) is 5.92. The van der Waals surface area contributed by atoms with Crippen LogP contribution < -0.4 is 10.2 Å². The number of fused-ring (bicyclic) bond motifs is 1. The number of carbonyl (C=O) groups excluding carboxylic acids is 1. The summed E-state index contributed by atoms with van der Waals surface area (Å²) in [5.74, 6) is 2.06. The molecular formula is C26H36ClFN4O3. The van der Waals surface area contributed by atoms with Crippen molar-refractivity contribution in [3.05, 3.63) is 23.0 Å². The van der Waals surface area contributed by atoms with Gasteiger partial charge in [-0.1, -0.05) is 16.8 Å². The van der Waals surface area contributed by atoms with Gasteiger partial charge in [0.1, 0.15) is 5.82 Å². The van der Waals surface area contributed by atoms with E-state index in [0.717, 1.165) is 75.5 Å². The number of benzene rings is 1. The monoisotopic (exact) mass is 506 g/mol. The first-order valence-electron chi connectivity index (χ1n) is 13.1. The molecule has 2 N–H and O–H groups in total. The van der Waals surface area contributed by atoms with Crippen LogP contribution >= 0.6 is 11.6 Å². The summed E-state index contributed by atoms with van der Waals surface area (Å²) in [6.45, 7) is 5.00. The first-order valence-corrected chi connectivity index (χ1v) is 13.5. The van der Waals surface area contributed by atoms with Crippen molar-refractivity contribution in [2.75, 3.05) is 44.2 Å². The van der Waals surface area contributed by atoms with Gasteiger partial charge in [0.05, 0.1) is 10.4 Å². The number of amides is 1. The quantitative estimate of drug-likeness (QED) is 0.558. The number of carbonyl (C=O) groups is 1. The second-order valence-corrected chi connectivity index (χ2v) is 11.2. The molecule has 1 aromatic heterocycles. The van der Waals surface area contributed by atoms with E-state index >= 15 is 0 Å². The minimum absolute atomic E-state index is 0.0874. The number of aromatic nitrogens is 1. The van der Waals surface area contributed by atoms with Gasteiger partial charge in [-0.2, -0.15) is 0 Å². The molecule has 0 spiro atoms. The molecule has 0 atom stereocenters. The van der Waals surface area contributed by atoms with Crippen LogP contribution in [0.4, 0.5) is 10.2 Å². The molecule has 2 saturated carbocycles. The first kappa shape index (κ1) is 24.8. The lowest BCUT2D eigenvalue weighted by Gasteiger charge is -2.36. The van der Waals surface area contributed by atoms with E-state index < -0.39 is 5.82 Å². The number of aliphatic hydroxyl groups excluding tert-OH is 1. The third-order valence-corrected chi connectivity index (χ3v) is 8.59. The Morgan fingerprint density at radius 1 is 1.11 bits per heavy atom. The van der Waals surface area contributed by atoms with Gasteiger partial charge < -0.3 is 19.8 Å². The van der Waals surface area contributed by atoms with Gasteiger partial charge >= 0.3 is 0 Å². The Morgan fingerprint density at radius 2 is 1.86 bits per heavy atom. The zero-order chi connectivity index (χ0) is 24.4. The minimum atomic E-state index is -0.492. The molecule has 5 rings (SSSR count). The average Bonchev–Trinajstić information content (AvgIpc) is 3.23. The molecule has 9 heteroatoms. The summed E-state index contributed by atoms with van der Waals surface area (Å²) in [6, 6.07) is 3.23. The molecule has 2 aromatic rings. The van der Waals surface area contributed by atoms with Gasteiger partial charge in [-0.05, 0) is 75.3 Å². The largest absolute Gasteiger partial charge is 0.396 e. The summed E-state index contributed by atoms with van der Waals surface area (Å²) < 4.78 is 19.0. The number of halogens is 2. The second kappa shape index (κ2) is 11.0. The summed E-state index contributed by atoms with van der Waals surface area (Å²) in [5, 5.41) is 17.4. The van der Waals surface area contributed by atoms with Crippen molar-refractivity contribution < 1.29 is 18.8 Å². The lowest BCUT2D eigenvalue weighted by molar-refractivity contribution is -0.124. The maximum Gasteiger partial charge on any atom is 0.220 e. The summed E-state index contributed by atoms with van der Waals surface area (Å²) in [4.78, 5) is 17.0. The van der Waals surface area contributed by atoms with Gasteiger partial charge in [-0.3, -0.25) is 9.69 Å². The van der Waals surface area contributed by atoms with Crippen molar-refractivity contribution in [1.82, 2.24) is 15.4 Å². The summed E-state index contributed by atoms with van der Waals surface area (Å²) in [6.07, 6.45) is 8.34. The van der Waals surface area contributed by atoms with E-state index in [9.17, 15) is 9.18 Å². The molecule has 1 amide bonds. The average molecular weight is 507 g/mol. The Labute approximate surface area is 210 Å². The molecule has 0 radical (unpaired) electrons. The number of anilines is 1.